The predicted octanol–water partition coefficient (Wildman–Crippen LogP) is 1.68. The van der Waals surface area contributed by atoms with Crippen LogP contribution in [0.5, 0.6) is 0 Å². The molecule has 19 heavy (non-hydrogen) atoms. The number of carboxylic acid groups (broad SMARTS) is 1. The number of carboxylic acids is 1. The van der Waals surface area contributed by atoms with E-state index in [2.05, 4.69) is 15.3 Å². The molecule has 2 rings (SSSR count). The van der Waals surface area contributed by atoms with Crippen LogP contribution in [0.1, 0.15) is 21.7 Å². The average molecular weight is 258 g/mol. The summed E-state index contributed by atoms with van der Waals surface area (Å²) in [6, 6.07) is 4.71. The molecule has 98 valence electrons. The Balaban J connectivity index is 2.15. The van der Waals surface area contributed by atoms with Crippen molar-refractivity contribution in [3.63, 3.8) is 0 Å². The average Bonchev–Trinajstić information content (AvgIpc) is 2.39. The largest absolute Gasteiger partial charge is 0.478 e. The number of benzene rings is 1. The van der Waals surface area contributed by atoms with Gasteiger partial charge in [-0.3, -0.25) is 9.97 Å². The SMILES string of the molecule is Cc1cnc(CNc2ccc(N)cc2C(=O)O)cn1. The molecule has 1 aromatic heterocycles. The number of nitrogens with two attached hydrogens (primary N) is 1. The molecule has 0 bridgehead atoms. The Morgan fingerprint density at radius 1 is 1.37 bits per heavy atom. The summed E-state index contributed by atoms with van der Waals surface area (Å²) in [6.45, 7) is 2.25. The van der Waals surface area contributed by atoms with E-state index < -0.39 is 5.97 Å². The second kappa shape index (κ2) is 5.34. The summed E-state index contributed by atoms with van der Waals surface area (Å²) in [7, 11) is 0. The standard InChI is InChI=1S/C13H14N4O2/c1-8-5-16-10(6-15-8)7-17-12-3-2-9(14)4-11(12)13(18)19/h2-6,17H,7,14H2,1H3,(H,18,19). The molecule has 0 saturated heterocycles. The molecule has 0 aliphatic heterocycles. The number of aromatic carboxylic acids is 1. The van der Waals surface area contributed by atoms with Crippen molar-refractivity contribution in [1.82, 2.24) is 9.97 Å². The van der Waals surface area contributed by atoms with Crippen molar-refractivity contribution in [2.45, 2.75) is 13.5 Å². The molecule has 0 fully saturated rings. The van der Waals surface area contributed by atoms with Gasteiger partial charge in [-0.05, 0) is 25.1 Å². The second-order valence-electron chi connectivity index (χ2n) is 4.11. The molecule has 1 aromatic carbocycles. The Hall–Kier alpha value is -2.63. The summed E-state index contributed by atoms with van der Waals surface area (Å²) in [6.07, 6.45) is 3.32. The van der Waals surface area contributed by atoms with Crippen molar-refractivity contribution in [1.29, 1.82) is 0 Å². The van der Waals surface area contributed by atoms with Crippen LogP contribution in [-0.4, -0.2) is 21.0 Å². The Bertz CT molecular complexity index is 596. The molecular formula is C13H14N4O2. The van der Waals surface area contributed by atoms with Gasteiger partial charge in [-0.2, -0.15) is 0 Å². The highest BCUT2D eigenvalue weighted by atomic mass is 16.4. The normalized spacial score (nSPS) is 10.2. The number of hydrogen-bond acceptors (Lipinski definition) is 5. The first-order valence-electron chi connectivity index (χ1n) is 5.70. The van der Waals surface area contributed by atoms with Gasteiger partial charge < -0.3 is 16.2 Å². The fraction of sp³-hybridized carbons (Fsp3) is 0.154. The maximum absolute atomic E-state index is 11.1. The van der Waals surface area contributed by atoms with Gasteiger partial charge in [-0.25, -0.2) is 4.79 Å². The Morgan fingerprint density at radius 2 is 2.16 bits per heavy atom. The first kappa shape index (κ1) is 12.8. The minimum absolute atomic E-state index is 0.139. The first-order chi connectivity index (χ1) is 9.06. The van der Waals surface area contributed by atoms with Crippen molar-refractivity contribution in [3.05, 3.63) is 47.5 Å². The zero-order chi connectivity index (χ0) is 13.8. The summed E-state index contributed by atoms with van der Waals surface area (Å²) < 4.78 is 0. The van der Waals surface area contributed by atoms with Crippen LogP contribution in [0.25, 0.3) is 0 Å². The number of aryl methyl sites for hydroxylation is 1. The highest BCUT2D eigenvalue weighted by molar-refractivity contribution is 5.95. The molecule has 6 heteroatoms. The first-order valence-corrected chi connectivity index (χ1v) is 5.70. The highest BCUT2D eigenvalue weighted by Gasteiger charge is 2.10. The van der Waals surface area contributed by atoms with Gasteiger partial charge in [0.05, 0.1) is 29.7 Å². The van der Waals surface area contributed by atoms with Gasteiger partial charge in [-0.15, -0.1) is 0 Å². The molecule has 0 aliphatic rings. The van der Waals surface area contributed by atoms with E-state index in [4.69, 9.17) is 10.8 Å². The minimum atomic E-state index is -1.02. The monoisotopic (exact) mass is 258 g/mol. The lowest BCUT2D eigenvalue weighted by Crippen LogP contribution is -2.08. The summed E-state index contributed by atoms with van der Waals surface area (Å²) in [5.74, 6) is -1.02. The number of aromatic nitrogens is 2. The van der Waals surface area contributed by atoms with Crippen molar-refractivity contribution in [3.8, 4) is 0 Å². The Morgan fingerprint density at radius 3 is 2.79 bits per heavy atom. The van der Waals surface area contributed by atoms with Crippen LogP contribution in [0.2, 0.25) is 0 Å². The molecule has 0 unspecified atom stereocenters. The number of rotatable bonds is 4. The van der Waals surface area contributed by atoms with Crippen LogP contribution in [0.15, 0.2) is 30.6 Å². The summed E-state index contributed by atoms with van der Waals surface area (Å²) in [5.41, 5.74) is 8.20. The van der Waals surface area contributed by atoms with Crippen LogP contribution in [0, 0.1) is 6.92 Å². The molecule has 0 saturated carbocycles. The fourth-order valence-corrected chi connectivity index (χ4v) is 1.59. The lowest BCUT2D eigenvalue weighted by molar-refractivity contribution is 0.0698. The second-order valence-corrected chi connectivity index (χ2v) is 4.11. The fourth-order valence-electron chi connectivity index (χ4n) is 1.59. The molecular weight excluding hydrogens is 244 g/mol. The van der Waals surface area contributed by atoms with Crippen LogP contribution >= 0.6 is 0 Å². The van der Waals surface area contributed by atoms with E-state index >= 15 is 0 Å². The van der Waals surface area contributed by atoms with Crippen LogP contribution in [-0.2, 0) is 6.54 Å². The maximum atomic E-state index is 11.1. The number of nitrogens with zero attached hydrogens (tertiary/aromatic N) is 2. The molecule has 0 amide bonds. The van der Waals surface area contributed by atoms with Crippen LogP contribution in [0.4, 0.5) is 11.4 Å². The zero-order valence-electron chi connectivity index (χ0n) is 10.4. The summed E-state index contributed by atoms with van der Waals surface area (Å²) >= 11 is 0. The summed E-state index contributed by atoms with van der Waals surface area (Å²) in [4.78, 5) is 19.4. The number of nitrogen functional groups attached to an aromatic ring is 1. The zero-order valence-corrected chi connectivity index (χ0v) is 10.4. The number of anilines is 2. The van der Waals surface area contributed by atoms with E-state index in [-0.39, 0.29) is 5.56 Å². The number of carbonyl (C=O) groups is 1. The molecule has 6 nitrogen and oxygen atoms in total. The van der Waals surface area contributed by atoms with Gasteiger partial charge in [0.2, 0.25) is 0 Å². The molecule has 0 aliphatic carbocycles. The Labute approximate surface area is 110 Å². The predicted molar refractivity (Wildman–Crippen MR) is 71.9 cm³/mol. The van der Waals surface area contributed by atoms with E-state index in [1.54, 1.807) is 24.5 Å². The van der Waals surface area contributed by atoms with Crippen molar-refractivity contribution >= 4 is 17.3 Å². The molecule has 0 radical (unpaired) electrons. The smallest absolute Gasteiger partial charge is 0.337 e. The third-order valence-corrected chi connectivity index (χ3v) is 2.57. The highest BCUT2D eigenvalue weighted by Crippen LogP contribution is 2.19. The van der Waals surface area contributed by atoms with Crippen molar-refractivity contribution < 1.29 is 9.90 Å². The lowest BCUT2D eigenvalue weighted by Gasteiger charge is -2.09. The number of nitrogens with one attached hydrogen (secondary N) is 1. The van der Waals surface area contributed by atoms with Crippen molar-refractivity contribution in [2.75, 3.05) is 11.1 Å². The minimum Gasteiger partial charge on any atom is -0.478 e. The van der Waals surface area contributed by atoms with E-state index in [1.165, 1.54) is 6.07 Å². The quantitative estimate of drug-likeness (QED) is 0.721. The lowest BCUT2D eigenvalue weighted by atomic mass is 10.1. The van der Waals surface area contributed by atoms with E-state index in [0.717, 1.165) is 11.4 Å². The third kappa shape index (κ3) is 3.19. The maximum Gasteiger partial charge on any atom is 0.337 e. The topological polar surface area (TPSA) is 101 Å². The van der Waals surface area contributed by atoms with Gasteiger partial charge in [0, 0.05) is 17.6 Å². The Kier molecular flexibility index (Phi) is 3.61. The van der Waals surface area contributed by atoms with E-state index in [0.29, 0.717) is 17.9 Å². The van der Waals surface area contributed by atoms with Gasteiger partial charge in [0.15, 0.2) is 0 Å². The molecule has 0 spiro atoms. The molecule has 1 heterocycles. The summed E-state index contributed by atoms with van der Waals surface area (Å²) in [5, 5.41) is 12.1. The van der Waals surface area contributed by atoms with Crippen LogP contribution in [0.3, 0.4) is 0 Å². The third-order valence-electron chi connectivity index (χ3n) is 2.57. The van der Waals surface area contributed by atoms with E-state index in [9.17, 15) is 4.79 Å². The van der Waals surface area contributed by atoms with Crippen molar-refractivity contribution in [2.24, 2.45) is 0 Å². The van der Waals surface area contributed by atoms with Gasteiger partial charge in [-0.1, -0.05) is 0 Å². The number of hydrogen-bond donors (Lipinski definition) is 3. The van der Waals surface area contributed by atoms with Crippen LogP contribution < -0.4 is 11.1 Å². The van der Waals surface area contributed by atoms with Gasteiger partial charge >= 0.3 is 5.97 Å². The molecule has 2 aromatic rings. The van der Waals surface area contributed by atoms with Gasteiger partial charge in [0.25, 0.3) is 0 Å². The molecule has 4 N–H and O–H groups in total. The molecule has 0 atom stereocenters. The van der Waals surface area contributed by atoms with Gasteiger partial charge in [0.1, 0.15) is 0 Å². The van der Waals surface area contributed by atoms with E-state index in [1.807, 2.05) is 6.92 Å².